The van der Waals surface area contributed by atoms with Crippen LogP contribution in [0.4, 0.5) is 0 Å². The lowest BCUT2D eigenvalue weighted by Gasteiger charge is -1.99. The second-order valence-electron chi connectivity index (χ2n) is 3.52. The Balaban J connectivity index is 0. The molecule has 0 bridgehead atoms. The van der Waals surface area contributed by atoms with Gasteiger partial charge in [-0.1, -0.05) is 26.7 Å². The van der Waals surface area contributed by atoms with E-state index >= 15 is 0 Å². The van der Waals surface area contributed by atoms with Crippen LogP contribution in [-0.4, -0.2) is 49.7 Å². The van der Waals surface area contributed by atoms with E-state index in [0.29, 0.717) is 13.1 Å². The average Bonchev–Trinajstić information content (AvgIpc) is 2.31. The van der Waals surface area contributed by atoms with Crippen molar-refractivity contribution in [1.82, 2.24) is 5.32 Å². The van der Waals surface area contributed by atoms with Crippen LogP contribution >= 0.6 is 0 Å². The van der Waals surface area contributed by atoms with Gasteiger partial charge in [-0.15, -0.1) is 0 Å². The Morgan fingerprint density at radius 2 is 1.31 bits per heavy atom. The van der Waals surface area contributed by atoms with Crippen molar-refractivity contribution in [3.8, 4) is 0 Å². The number of hydrogen-bond acceptors (Lipinski definition) is 4. The number of aliphatic hydroxyl groups is 2. The predicted molar refractivity (Wildman–Crippen MR) is 67.7 cm³/mol. The first-order valence-corrected chi connectivity index (χ1v) is 6.33. The summed E-state index contributed by atoms with van der Waals surface area (Å²) in [6.45, 7) is 7.69. The predicted octanol–water partition coefficient (Wildman–Crippen LogP) is 1.16. The van der Waals surface area contributed by atoms with E-state index in [0.717, 1.165) is 13.2 Å². The van der Waals surface area contributed by atoms with Crippen LogP contribution in [0, 0.1) is 0 Å². The zero-order chi connectivity index (χ0) is 12.5. The van der Waals surface area contributed by atoms with Gasteiger partial charge in [0.1, 0.15) is 0 Å². The molecular weight excluding hydrogens is 206 g/mol. The van der Waals surface area contributed by atoms with Gasteiger partial charge in [-0.3, -0.25) is 0 Å². The zero-order valence-electron chi connectivity index (χ0n) is 10.9. The van der Waals surface area contributed by atoms with Gasteiger partial charge < -0.3 is 20.3 Å². The Bertz CT molecular complexity index is 92.3. The van der Waals surface area contributed by atoms with Gasteiger partial charge in [0.15, 0.2) is 0 Å². The maximum atomic E-state index is 8.15. The van der Waals surface area contributed by atoms with Crippen molar-refractivity contribution in [2.75, 3.05) is 39.5 Å². The highest BCUT2D eigenvalue weighted by molar-refractivity contribution is 4.39. The van der Waals surface area contributed by atoms with Gasteiger partial charge in [-0.2, -0.15) is 0 Å². The number of unbranched alkanes of at least 4 members (excludes halogenated alkanes) is 2. The van der Waals surface area contributed by atoms with Crippen LogP contribution in [0.15, 0.2) is 0 Å². The van der Waals surface area contributed by atoms with Crippen LogP contribution in [0.1, 0.15) is 39.5 Å². The minimum Gasteiger partial charge on any atom is -0.395 e. The van der Waals surface area contributed by atoms with Crippen LogP contribution in [0.3, 0.4) is 0 Å². The summed E-state index contributed by atoms with van der Waals surface area (Å²) in [7, 11) is 0. The molecule has 0 aliphatic heterocycles. The summed E-state index contributed by atoms with van der Waals surface area (Å²) in [6.07, 6.45) is 4.91. The van der Waals surface area contributed by atoms with Crippen LogP contribution in [-0.2, 0) is 4.74 Å². The molecular formula is C12H29NO3. The molecule has 0 unspecified atom stereocenters. The molecule has 0 saturated heterocycles. The summed E-state index contributed by atoms with van der Waals surface area (Å²) < 4.78 is 5.31. The maximum absolute atomic E-state index is 8.15. The molecule has 0 aromatic heterocycles. The second-order valence-corrected chi connectivity index (χ2v) is 3.52. The van der Waals surface area contributed by atoms with Crippen molar-refractivity contribution >= 4 is 0 Å². The monoisotopic (exact) mass is 235 g/mol. The van der Waals surface area contributed by atoms with Gasteiger partial charge in [0.05, 0.1) is 13.2 Å². The molecule has 0 spiro atoms. The number of rotatable bonds is 10. The number of aliphatic hydroxyl groups excluding tert-OH is 2. The molecule has 4 nitrogen and oxygen atoms in total. The van der Waals surface area contributed by atoms with Crippen LogP contribution < -0.4 is 5.32 Å². The van der Waals surface area contributed by atoms with E-state index in [4.69, 9.17) is 14.9 Å². The summed E-state index contributed by atoms with van der Waals surface area (Å²) in [6, 6.07) is 0. The summed E-state index contributed by atoms with van der Waals surface area (Å²) in [4.78, 5) is 0. The molecule has 0 radical (unpaired) electrons. The minimum absolute atomic E-state index is 0.139. The molecule has 0 saturated carbocycles. The van der Waals surface area contributed by atoms with Crippen LogP contribution in [0.25, 0.3) is 0 Å². The lowest BCUT2D eigenvalue weighted by Crippen LogP contribution is -2.21. The number of hydrogen-bond donors (Lipinski definition) is 3. The third kappa shape index (κ3) is 23.6. The molecule has 0 rings (SSSR count). The van der Waals surface area contributed by atoms with E-state index in [1.165, 1.54) is 25.7 Å². The Morgan fingerprint density at radius 3 is 1.62 bits per heavy atom. The SMILES string of the molecule is CCCCOCCCC.OCCNCCO. The normalized spacial score (nSPS) is 9.75. The highest BCUT2D eigenvalue weighted by atomic mass is 16.5. The topological polar surface area (TPSA) is 61.7 Å². The lowest BCUT2D eigenvalue weighted by atomic mass is 10.3. The van der Waals surface area contributed by atoms with Gasteiger partial charge in [0.25, 0.3) is 0 Å². The average molecular weight is 235 g/mol. The van der Waals surface area contributed by atoms with Gasteiger partial charge in [0.2, 0.25) is 0 Å². The molecule has 16 heavy (non-hydrogen) atoms. The highest BCUT2D eigenvalue weighted by Crippen LogP contribution is 1.91. The Labute approximate surface area is 100 Å². The molecule has 0 amide bonds. The van der Waals surface area contributed by atoms with Crippen molar-refractivity contribution in [2.45, 2.75) is 39.5 Å². The highest BCUT2D eigenvalue weighted by Gasteiger charge is 1.84. The molecule has 0 aromatic rings. The van der Waals surface area contributed by atoms with E-state index in [9.17, 15) is 0 Å². The van der Waals surface area contributed by atoms with E-state index in [1.807, 2.05) is 0 Å². The smallest absolute Gasteiger partial charge is 0.0555 e. The first-order valence-electron chi connectivity index (χ1n) is 6.33. The van der Waals surface area contributed by atoms with Crippen molar-refractivity contribution in [3.05, 3.63) is 0 Å². The molecule has 0 aromatic carbocycles. The molecule has 0 heterocycles. The van der Waals surface area contributed by atoms with Crippen molar-refractivity contribution in [2.24, 2.45) is 0 Å². The fourth-order valence-electron chi connectivity index (χ4n) is 0.878. The van der Waals surface area contributed by atoms with Gasteiger partial charge in [-0.25, -0.2) is 0 Å². The Hall–Kier alpha value is -0.160. The molecule has 4 heteroatoms. The first kappa shape index (κ1) is 18.2. The van der Waals surface area contributed by atoms with Gasteiger partial charge in [0, 0.05) is 26.3 Å². The molecule has 3 N–H and O–H groups in total. The van der Waals surface area contributed by atoms with Gasteiger partial charge >= 0.3 is 0 Å². The maximum Gasteiger partial charge on any atom is 0.0555 e. The zero-order valence-corrected chi connectivity index (χ0v) is 10.9. The van der Waals surface area contributed by atoms with E-state index in [2.05, 4.69) is 19.2 Å². The molecule has 0 aliphatic carbocycles. The molecule has 0 atom stereocenters. The lowest BCUT2D eigenvalue weighted by molar-refractivity contribution is 0.128. The molecule has 100 valence electrons. The first-order chi connectivity index (χ1) is 7.83. The summed E-state index contributed by atoms with van der Waals surface area (Å²) in [5.74, 6) is 0. The third-order valence-corrected chi connectivity index (χ3v) is 1.86. The second kappa shape index (κ2) is 20.3. The standard InChI is InChI=1S/C8H18O.C4H11NO2/c1-3-5-7-9-8-6-4-2;6-3-1-5-2-4-7/h3-8H2,1-2H3;5-7H,1-4H2. The fraction of sp³-hybridized carbons (Fsp3) is 1.00. The minimum atomic E-state index is 0.139. The quantitative estimate of drug-likeness (QED) is 0.497. The summed E-state index contributed by atoms with van der Waals surface area (Å²) >= 11 is 0. The van der Waals surface area contributed by atoms with Crippen LogP contribution in [0.2, 0.25) is 0 Å². The fourth-order valence-corrected chi connectivity index (χ4v) is 0.878. The number of ether oxygens (including phenoxy) is 1. The van der Waals surface area contributed by atoms with Gasteiger partial charge in [-0.05, 0) is 12.8 Å². The van der Waals surface area contributed by atoms with E-state index < -0.39 is 0 Å². The van der Waals surface area contributed by atoms with Crippen molar-refractivity contribution in [1.29, 1.82) is 0 Å². The Morgan fingerprint density at radius 1 is 0.875 bits per heavy atom. The largest absolute Gasteiger partial charge is 0.395 e. The van der Waals surface area contributed by atoms with E-state index in [1.54, 1.807) is 0 Å². The van der Waals surface area contributed by atoms with Crippen molar-refractivity contribution < 1.29 is 14.9 Å². The molecule has 0 fully saturated rings. The summed E-state index contributed by atoms with van der Waals surface area (Å²) in [5, 5.41) is 19.1. The third-order valence-electron chi connectivity index (χ3n) is 1.86. The number of nitrogens with one attached hydrogen (secondary N) is 1. The van der Waals surface area contributed by atoms with E-state index in [-0.39, 0.29) is 13.2 Å². The van der Waals surface area contributed by atoms with Crippen LogP contribution in [0.5, 0.6) is 0 Å². The van der Waals surface area contributed by atoms with Crippen molar-refractivity contribution in [3.63, 3.8) is 0 Å². The summed E-state index contributed by atoms with van der Waals surface area (Å²) in [5.41, 5.74) is 0. The molecule has 0 aliphatic rings. The Kier molecular flexibility index (Phi) is 23.1.